The van der Waals surface area contributed by atoms with Crippen molar-refractivity contribution in [3.05, 3.63) is 63.9 Å². The van der Waals surface area contributed by atoms with Crippen LogP contribution in [0.25, 0.3) is 0 Å². The number of phenols is 1. The second-order valence-electron chi connectivity index (χ2n) is 7.70. The first-order chi connectivity index (χ1) is 18.0. The lowest BCUT2D eigenvalue weighted by molar-refractivity contribution is -0.127. The standard InChI is InChI=1S/C23H16N4O7S4/c28-14-7-5-13(6-8-14)25-16(30)10-27-20(32)18(38-23(27)36)17-19(31)26(22(35)37-17)9-15(29)24-12-3-1-11(2-4-12)21(33)34/h1-8,28H,9-10H2,(H,24,29)(H,25,30)(H,33,34)/b18-17+. The van der Waals surface area contributed by atoms with Gasteiger partial charge in [0.25, 0.3) is 11.8 Å². The number of carbonyl (C=O) groups is 5. The molecule has 2 aromatic carbocycles. The van der Waals surface area contributed by atoms with Crippen LogP contribution in [0, 0.1) is 0 Å². The summed E-state index contributed by atoms with van der Waals surface area (Å²) in [6, 6.07) is 11.2. The average molecular weight is 589 g/mol. The van der Waals surface area contributed by atoms with Crippen LogP contribution in [0.3, 0.4) is 0 Å². The van der Waals surface area contributed by atoms with Gasteiger partial charge < -0.3 is 20.8 Å². The van der Waals surface area contributed by atoms with Gasteiger partial charge in [0.1, 0.15) is 27.5 Å². The number of phenolic OH excluding ortho intramolecular Hbond substituents is 1. The van der Waals surface area contributed by atoms with E-state index in [-0.39, 0.29) is 29.8 Å². The Hall–Kier alpha value is -3.79. The number of hydrogen-bond donors (Lipinski definition) is 4. The third-order valence-electron chi connectivity index (χ3n) is 5.07. The maximum atomic E-state index is 13.0. The zero-order valence-corrected chi connectivity index (χ0v) is 22.3. The molecular weight excluding hydrogens is 573 g/mol. The molecule has 0 bridgehead atoms. The summed E-state index contributed by atoms with van der Waals surface area (Å²) in [4.78, 5) is 64.1. The van der Waals surface area contributed by atoms with E-state index in [9.17, 15) is 29.1 Å². The van der Waals surface area contributed by atoms with Crippen molar-refractivity contribution in [3.8, 4) is 5.75 Å². The van der Waals surface area contributed by atoms with Gasteiger partial charge in [-0.1, -0.05) is 48.0 Å². The fourth-order valence-electron chi connectivity index (χ4n) is 3.27. The predicted molar refractivity (Wildman–Crippen MR) is 150 cm³/mol. The molecule has 2 aliphatic heterocycles. The molecule has 0 spiro atoms. The summed E-state index contributed by atoms with van der Waals surface area (Å²) in [7, 11) is 0. The highest BCUT2D eigenvalue weighted by Gasteiger charge is 2.43. The number of hydrogen-bond acceptors (Lipinski definition) is 10. The fourth-order valence-corrected chi connectivity index (χ4v) is 5.94. The lowest BCUT2D eigenvalue weighted by Gasteiger charge is -2.15. The summed E-state index contributed by atoms with van der Waals surface area (Å²) < 4.78 is 0.149. The largest absolute Gasteiger partial charge is 0.508 e. The predicted octanol–water partition coefficient (Wildman–Crippen LogP) is 2.60. The van der Waals surface area contributed by atoms with Crippen LogP contribution in [0.15, 0.2) is 58.3 Å². The minimum absolute atomic E-state index is 0.00686. The molecule has 0 aromatic heterocycles. The van der Waals surface area contributed by atoms with Crippen molar-refractivity contribution in [3.63, 3.8) is 0 Å². The van der Waals surface area contributed by atoms with Gasteiger partial charge in [-0.3, -0.25) is 29.0 Å². The molecule has 4 amide bonds. The Bertz CT molecular complexity index is 1420. The van der Waals surface area contributed by atoms with Gasteiger partial charge in [-0.05, 0) is 48.5 Å². The van der Waals surface area contributed by atoms with Crippen LogP contribution in [0.1, 0.15) is 10.4 Å². The van der Waals surface area contributed by atoms with Crippen molar-refractivity contribution in [1.82, 2.24) is 9.80 Å². The lowest BCUT2D eigenvalue weighted by atomic mass is 10.2. The van der Waals surface area contributed by atoms with E-state index in [2.05, 4.69) is 10.6 Å². The Balaban J connectivity index is 1.41. The third kappa shape index (κ3) is 6.02. The second-order valence-corrected chi connectivity index (χ2v) is 11.0. The number of aromatic hydroxyl groups is 1. The van der Waals surface area contributed by atoms with E-state index < -0.39 is 42.7 Å². The zero-order valence-electron chi connectivity index (χ0n) is 19.0. The number of aromatic carboxylic acids is 1. The number of nitrogens with one attached hydrogen (secondary N) is 2. The average Bonchev–Trinajstić information content (AvgIpc) is 3.30. The van der Waals surface area contributed by atoms with Crippen molar-refractivity contribution < 1.29 is 34.2 Å². The van der Waals surface area contributed by atoms with Crippen LogP contribution in [-0.4, -0.2) is 71.3 Å². The molecule has 2 aromatic rings. The minimum atomic E-state index is -1.11. The molecule has 0 saturated carbocycles. The van der Waals surface area contributed by atoms with Gasteiger partial charge in [0, 0.05) is 11.4 Å². The van der Waals surface area contributed by atoms with E-state index in [1.807, 2.05) is 0 Å². The SMILES string of the molecule is O=C(CN1C(=O)/C(=C2\SC(=S)N(CC(=O)Nc3ccc(C(=O)O)cc3)C2=O)SC1=S)Nc1ccc(O)cc1. The highest BCUT2D eigenvalue weighted by atomic mass is 32.2. The number of amides is 4. The summed E-state index contributed by atoms with van der Waals surface area (Å²) in [6.45, 7) is -0.817. The summed E-state index contributed by atoms with van der Waals surface area (Å²) in [5.41, 5.74) is 0.794. The summed E-state index contributed by atoms with van der Waals surface area (Å²) in [6.07, 6.45) is 0. The molecule has 0 unspecified atom stereocenters. The Morgan fingerprint density at radius 3 is 1.53 bits per heavy atom. The fraction of sp³-hybridized carbons (Fsp3) is 0.0870. The number of carboxylic acid groups (broad SMARTS) is 1. The van der Waals surface area contributed by atoms with E-state index in [0.717, 1.165) is 33.3 Å². The van der Waals surface area contributed by atoms with Gasteiger partial charge in [-0.2, -0.15) is 0 Å². The molecule has 2 fully saturated rings. The third-order valence-corrected chi connectivity index (χ3v) is 8.10. The van der Waals surface area contributed by atoms with E-state index in [1.54, 1.807) is 0 Å². The zero-order chi connectivity index (χ0) is 27.6. The van der Waals surface area contributed by atoms with Crippen LogP contribution in [0.2, 0.25) is 0 Å². The number of anilines is 2. The van der Waals surface area contributed by atoms with Crippen molar-refractivity contribution in [2.45, 2.75) is 0 Å². The molecule has 15 heteroatoms. The monoisotopic (exact) mass is 588 g/mol. The Morgan fingerprint density at radius 2 is 1.13 bits per heavy atom. The number of thioether (sulfide) groups is 2. The summed E-state index contributed by atoms with van der Waals surface area (Å²) in [5, 5.41) is 23.5. The maximum absolute atomic E-state index is 13.0. The van der Waals surface area contributed by atoms with Crippen molar-refractivity contribution in [1.29, 1.82) is 0 Å². The van der Waals surface area contributed by atoms with Crippen LogP contribution in [0.4, 0.5) is 11.4 Å². The molecule has 4 N–H and O–H groups in total. The number of carboxylic acids is 1. The summed E-state index contributed by atoms with van der Waals surface area (Å²) in [5.74, 6) is -3.47. The quantitative estimate of drug-likeness (QED) is 0.214. The highest BCUT2D eigenvalue weighted by molar-refractivity contribution is 8.29. The van der Waals surface area contributed by atoms with Crippen molar-refractivity contribution in [2.75, 3.05) is 23.7 Å². The number of carbonyl (C=O) groups excluding carboxylic acids is 4. The Labute approximate surface area is 234 Å². The molecule has 0 atom stereocenters. The van der Waals surface area contributed by atoms with Crippen LogP contribution < -0.4 is 10.6 Å². The van der Waals surface area contributed by atoms with Gasteiger partial charge >= 0.3 is 5.97 Å². The van der Waals surface area contributed by atoms with E-state index >= 15 is 0 Å². The highest BCUT2D eigenvalue weighted by Crippen LogP contribution is 2.42. The summed E-state index contributed by atoms with van der Waals surface area (Å²) >= 11 is 12.2. The molecule has 0 aliphatic carbocycles. The first-order valence-corrected chi connectivity index (χ1v) is 13.0. The molecule has 11 nitrogen and oxygen atoms in total. The van der Waals surface area contributed by atoms with Gasteiger partial charge in [0.05, 0.1) is 15.4 Å². The van der Waals surface area contributed by atoms with E-state index in [4.69, 9.17) is 29.5 Å². The van der Waals surface area contributed by atoms with Gasteiger partial charge in [0.2, 0.25) is 11.8 Å². The van der Waals surface area contributed by atoms with Crippen molar-refractivity contribution >= 4 is 97.6 Å². The number of rotatable bonds is 7. The topological polar surface area (TPSA) is 156 Å². The van der Waals surface area contributed by atoms with Crippen LogP contribution in [-0.2, 0) is 19.2 Å². The van der Waals surface area contributed by atoms with Gasteiger partial charge in [0.15, 0.2) is 0 Å². The molecule has 2 heterocycles. The van der Waals surface area contributed by atoms with E-state index in [0.29, 0.717) is 11.4 Å². The molecule has 194 valence electrons. The molecule has 38 heavy (non-hydrogen) atoms. The maximum Gasteiger partial charge on any atom is 0.335 e. The van der Waals surface area contributed by atoms with Crippen LogP contribution >= 0.6 is 48.0 Å². The number of thiocarbonyl (C=S) groups is 2. The molecular formula is C23H16N4O7S4. The Morgan fingerprint density at radius 1 is 0.737 bits per heavy atom. The van der Waals surface area contributed by atoms with Gasteiger partial charge in [-0.15, -0.1) is 0 Å². The number of nitrogens with zero attached hydrogens (tertiary/aromatic N) is 2. The first-order valence-electron chi connectivity index (χ1n) is 10.6. The molecule has 4 rings (SSSR count). The second kappa shape index (κ2) is 11.3. The van der Waals surface area contributed by atoms with Crippen molar-refractivity contribution in [2.24, 2.45) is 0 Å². The molecule has 0 radical (unpaired) electrons. The minimum Gasteiger partial charge on any atom is -0.508 e. The molecule has 2 aliphatic rings. The molecule has 2 saturated heterocycles. The lowest BCUT2D eigenvalue weighted by Crippen LogP contribution is -2.37. The van der Waals surface area contributed by atoms with E-state index in [1.165, 1.54) is 48.5 Å². The first kappa shape index (κ1) is 27.3. The normalized spacial score (nSPS) is 17.3. The van der Waals surface area contributed by atoms with Crippen LogP contribution in [0.5, 0.6) is 5.75 Å². The number of benzene rings is 2. The Kier molecular flexibility index (Phi) is 8.11. The smallest absolute Gasteiger partial charge is 0.335 e. The van der Waals surface area contributed by atoms with Gasteiger partial charge in [-0.25, -0.2) is 4.79 Å².